The predicted octanol–water partition coefficient (Wildman–Crippen LogP) is 1.88. The number of nitrogens with zero attached hydrogens (tertiary/aromatic N) is 3. The van der Waals surface area contributed by atoms with E-state index in [4.69, 9.17) is 5.11 Å². The van der Waals surface area contributed by atoms with E-state index in [2.05, 4.69) is 15.3 Å². The molecule has 2 rings (SSSR count). The molecule has 7 heteroatoms. The summed E-state index contributed by atoms with van der Waals surface area (Å²) in [6, 6.07) is 6.09. The summed E-state index contributed by atoms with van der Waals surface area (Å²) in [5, 5.41) is 11.6. The van der Waals surface area contributed by atoms with Crippen LogP contribution in [-0.4, -0.2) is 45.1 Å². The molecule has 0 aliphatic heterocycles. The molecule has 2 N–H and O–H groups in total. The van der Waals surface area contributed by atoms with E-state index in [0.29, 0.717) is 5.69 Å². The summed E-state index contributed by atoms with van der Waals surface area (Å²) in [6.45, 7) is 3.73. The molecule has 0 radical (unpaired) electrons. The number of nitrogens with one attached hydrogen (secondary N) is 1. The molecule has 23 heavy (non-hydrogen) atoms. The van der Waals surface area contributed by atoms with Gasteiger partial charge in [0.05, 0.1) is 29.5 Å². The van der Waals surface area contributed by atoms with E-state index in [9.17, 15) is 9.59 Å². The third-order valence-electron chi connectivity index (χ3n) is 3.46. The van der Waals surface area contributed by atoms with Gasteiger partial charge in [-0.1, -0.05) is 26.0 Å². The van der Waals surface area contributed by atoms with Crippen molar-refractivity contribution in [2.24, 2.45) is 5.92 Å². The van der Waals surface area contributed by atoms with Gasteiger partial charge in [-0.15, -0.1) is 0 Å². The Labute approximate surface area is 134 Å². The highest BCUT2D eigenvalue weighted by atomic mass is 16.4. The van der Waals surface area contributed by atoms with Gasteiger partial charge in [0.15, 0.2) is 0 Å². The molecule has 1 heterocycles. The zero-order valence-electron chi connectivity index (χ0n) is 13.4. The fourth-order valence-corrected chi connectivity index (χ4v) is 2.14. The molecule has 1 aromatic carbocycles. The van der Waals surface area contributed by atoms with Crippen molar-refractivity contribution < 1.29 is 14.7 Å². The lowest BCUT2D eigenvalue weighted by atomic mass is 10.1. The standard InChI is InChI=1S/C16H20N4O3/c1-10(2)14(15(21)22)19-16(23)20(3)9-11-8-17-12-6-4-5-7-13(12)18-11/h4-8,10,14H,9H2,1-3H3,(H,19,23)(H,21,22). The number of benzene rings is 1. The van der Waals surface area contributed by atoms with Crippen LogP contribution >= 0.6 is 0 Å². The van der Waals surface area contributed by atoms with Crippen LogP contribution in [0.25, 0.3) is 11.0 Å². The van der Waals surface area contributed by atoms with Gasteiger partial charge in [-0.2, -0.15) is 0 Å². The molecule has 2 aromatic rings. The quantitative estimate of drug-likeness (QED) is 0.878. The number of carboxylic acids is 1. The number of aliphatic carboxylic acids is 1. The average Bonchev–Trinajstić information content (AvgIpc) is 2.51. The summed E-state index contributed by atoms with van der Waals surface area (Å²) < 4.78 is 0. The molecule has 0 bridgehead atoms. The van der Waals surface area contributed by atoms with Crippen LogP contribution in [0, 0.1) is 5.92 Å². The lowest BCUT2D eigenvalue weighted by molar-refractivity contribution is -0.140. The highest BCUT2D eigenvalue weighted by molar-refractivity contribution is 5.82. The number of fused-ring (bicyclic) bond motifs is 1. The van der Waals surface area contributed by atoms with Crippen LogP contribution < -0.4 is 5.32 Å². The van der Waals surface area contributed by atoms with E-state index in [1.165, 1.54) is 4.90 Å². The van der Waals surface area contributed by atoms with Crippen LogP contribution in [0.5, 0.6) is 0 Å². The summed E-state index contributed by atoms with van der Waals surface area (Å²) in [6.07, 6.45) is 1.61. The summed E-state index contributed by atoms with van der Waals surface area (Å²) >= 11 is 0. The number of urea groups is 1. The zero-order valence-corrected chi connectivity index (χ0v) is 13.4. The lowest BCUT2D eigenvalue weighted by Gasteiger charge is -2.23. The second-order valence-corrected chi connectivity index (χ2v) is 5.72. The smallest absolute Gasteiger partial charge is 0.326 e. The molecule has 1 aromatic heterocycles. The Kier molecular flexibility index (Phi) is 5.10. The van der Waals surface area contributed by atoms with Crippen molar-refractivity contribution in [3.63, 3.8) is 0 Å². The van der Waals surface area contributed by atoms with E-state index in [0.717, 1.165) is 11.0 Å². The van der Waals surface area contributed by atoms with Crippen LogP contribution in [0.3, 0.4) is 0 Å². The minimum absolute atomic E-state index is 0.203. The molecule has 122 valence electrons. The molecule has 0 saturated heterocycles. The molecular formula is C16H20N4O3. The minimum atomic E-state index is -1.05. The van der Waals surface area contributed by atoms with E-state index >= 15 is 0 Å². The van der Waals surface area contributed by atoms with Gasteiger partial charge in [0, 0.05) is 7.05 Å². The van der Waals surface area contributed by atoms with E-state index in [-0.39, 0.29) is 12.5 Å². The molecule has 7 nitrogen and oxygen atoms in total. The highest BCUT2D eigenvalue weighted by Gasteiger charge is 2.24. The maximum absolute atomic E-state index is 12.1. The minimum Gasteiger partial charge on any atom is -0.480 e. The van der Waals surface area contributed by atoms with Crippen molar-refractivity contribution in [3.8, 4) is 0 Å². The molecular weight excluding hydrogens is 296 g/mol. The lowest BCUT2D eigenvalue weighted by Crippen LogP contribution is -2.48. The van der Waals surface area contributed by atoms with E-state index < -0.39 is 18.0 Å². The number of aromatic nitrogens is 2. The Morgan fingerprint density at radius 1 is 1.26 bits per heavy atom. The van der Waals surface area contributed by atoms with Crippen LogP contribution in [0.2, 0.25) is 0 Å². The van der Waals surface area contributed by atoms with E-state index in [1.807, 2.05) is 24.3 Å². The number of hydrogen-bond acceptors (Lipinski definition) is 4. The van der Waals surface area contributed by atoms with Crippen molar-refractivity contribution in [2.45, 2.75) is 26.4 Å². The predicted molar refractivity (Wildman–Crippen MR) is 85.8 cm³/mol. The van der Waals surface area contributed by atoms with Crippen LogP contribution in [0.1, 0.15) is 19.5 Å². The number of carbonyl (C=O) groups is 2. The summed E-state index contributed by atoms with van der Waals surface area (Å²) in [5.41, 5.74) is 2.18. The largest absolute Gasteiger partial charge is 0.480 e. The highest BCUT2D eigenvalue weighted by Crippen LogP contribution is 2.10. The summed E-state index contributed by atoms with van der Waals surface area (Å²) in [5.74, 6) is -1.25. The van der Waals surface area contributed by atoms with Gasteiger partial charge in [0.2, 0.25) is 0 Å². The third-order valence-corrected chi connectivity index (χ3v) is 3.46. The number of hydrogen-bond donors (Lipinski definition) is 2. The SMILES string of the molecule is CC(C)C(NC(=O)N(C)Cc1cnc2ccccc2n1)C(=O)O. The topological polar surface area (TPSA) is 95.4 Å². The molecule has 0 aliphatic carbocycles. The maximum atomic E-state index is 12.1. The molecule has 2 amide bonds. The molecule has 0 saturated carbocycles. The third kappa shape index (κ3) is 4.15. The van der Waals surface area contributed by atoms with E-state index in [1.54, 1.807) is 27.1 Å². The molecule has 0 spiro atoms. The van der Waals surface area contributed by atoms with Crippen molar-refractivity contribution >= 4 is 23.0 Å². The first-order valence-corrected chi connectivity index (χ1v) is 7.33. The maximum Gasteiger partial charge on any atom is 0.326 e. The van der Waals surface area contributed by atoms with Gasteiger partial charge >= 0.3 is 12.0 Å². The molecule has 1 atom stereocenters. The summed E-state index contributed by atoms with van der Waals surface area (Å²) in [4.78, 5) is 33.4. The van der Waals surface area contributed by atoms with Crippen LogP contribution in [0.4, 0.5) is 4.79 Å². The second-order valence-electron chi connectivity index (χ2n) is 5.72. The van der Waals surface area contributed by atoms with Gasteiger partial charge < -0.3 is 15.3 Å². The Morgan fingerprint density at radius 2 is 1.91 bits per heavy atom. The number of carbonyl (C=O) groups excluding carboxylic acids is 1. The second kappa shape index (κ2) is 7.04. The number of amides is 2. The Balaban J connectivity index is 2.06. The van der Waals surface area contributed by atoms with Crippen LogP contribution in [-0.2, 0) is 11.3 Å². The first-order chi connectivity index (χ1) is 10.9. The van der Waals surface area contributed by atoms with Crippen molar-refractivity contribution in [3.05, 3.63) is 36.2 Å². The molecule has 0 aliphatic rings. The first-order valence-electron chi connectivity index (χ1n) is 7.33. The fourth-order valence-electron chi connectivity index (χ4n) is 2.14. The number of para-hydroxylation sites is 2. The van der Waals surface area contributed by atoms with Gasteiger partial charge in [0.25, 0.3) is 0 Å². The molecule has 0 fully saturated rings. The van der Waals surface area contributed by atoms with Gasteiger partial charge in [0.1, 0.15) is 6.04 Å². The Hall–Kier alpha value is -2.70. The number of carboxylic acid groups (broad SMARTS) is 1. The van der Waals surface area contributed by atoms with Gasteiger partial charge in [-0.05, 0) is 18.1 Å². The molecule has 1 unspecified atom stereocenters. The summed E-state index contributed by atoms with van der Waals surface area (Å²) in [7, 11) is 1.59. The monoisotopic (exact) mass is 316 g/mol. The van der Waals surface area contributed by atoms with Crippen molar-refractivity contribution in [1.29, 1.82) is 0 Å². The fraction of sp³-hybridized carbons (Fsp3) is 0.375. The zero-order chi connectivity index (χ0) is 17.0. The normalized spacial score (nSPS) is 12.2. The van der Waals surface area contributed by atoms with Crippen molar-refractivity contribution in [1.82, 2.24) is 20.2 Å². The Bertz CT molecular complexity index is 717. The first kappa shape index (κ1) is 16.7. The van der Waals surface area contributed by atoms with Crippen molar-refractivity contribution in [2.75, 3.05) is 7.05 Å². The van der Waals surface area contributed by atoms with Gasteiger partial charge in [-0.25, -0.2) is 14.6 Å². The number of rotatable bonds is 5. The Morgan fingerprint density at radius 3 is 2.52 bits per heavy atom. The van der Waals surface area contributed by atoms with Gasteiger partial charge in [-0.3, -0.25) is 4.98 Å². The van der Waals surface area contributed by atoms with Crippen LogP contribution in [0.15, 0.2) is 30.5 Å². The average molecular weight is 316 g/mol.